The van der Waals surface area contributed by atoms with Crippen molar-refractivity contribution in [3.05, 3.63) is 24.3 Å². The Morgan fingerprint density at radius 1 is 0.442 bits per heavy atom. The Labute approximate surface area is 323 Å². The summed E-state index contributed by atoms with van der Waals surface area (Å²) < 4.78 is 10.6. The molecule has 1 atom stereocenters. The molecule has 5 nitrogen and oxygen atoms in total. The van der Waals surface area contributed by atoms with Gasteiger partial charge in [-0.15, -0.1) is 0 Å². The van der Waals surface area contributed by atoms with E-state index in [2.05, 4.69) is 38.2 Å². The number of unbranched alkanes of at least 4 members (excludes halogenated alkanes) is 30. The van der Waals surface area contributed by atoms with Crippen LogP contribution in [0.5, 0.6) is 0 Å². The lowest BCUT2D eigenvalue weighted by atomic mass is 10.0. The highest BCUT2D eigenvalue weighted by Gasteiger charge is 2.16. The Bertz CT molecular complexity index is 791. The summed E-state index contributed by atoms with van der Waals surface area (Å²) in [5.74, 6) is -0.587. The number of carbonyl (C=O) groups excluding carboxylic acids is 2. The number of allylic oxidation sites excluding steroid dienone is 4. The predicted molar refractivity (Wildman–Crippen MR) is 224 cm³/mol. The first-order chi connectivity index (χ1) is 25.6. The Kier molecular flexibility index (Phi) is 42.4. The summed E-state index contributed by atoms with van der Waals surface area (Å²) in [4.78, 5) is 24.4. The van der Waals surface area contributed by atoms with Crippen LogP contribution in [-0.4, -0.2) is 36.4 Å². The van der Waals surface area contributed by atoms with Crippen molar-refractivity contribution in [1.82, 2.24) is 0 Å². The van der Waals surface area contributed by atoms with Gasteiger partial charge in [-0.2, -0.15) is 0 Å². The monoisotopic (exact) mass is 733 g/mol. The number of ether oxygens (including phenoxy) is 2. The molecule has 0 saturated heterocycles. The zero-order valence-corrected chi connectivity index (χ0v) is 34.8. The molecule has 0 saturated carbocycles. The van der Waals surface area contributed by atoms with Crippen molar-refractivity contribution in [2.24, 2.45) is 0 Å². The fourth-order valence-electron chi connectivity index (χ4n) is 6.76. The van der Waals surface area contributed by atoms with E-state index in [0.717, 1.165) is 44.9 Å². The Hall–Kier alpha value is -1.62. The molecule has 0 amide bonds. The van der Waals surface area contributed by atoms with Crippen LogP contribution in [-0.2, 0) is 19.1 Å². The molecule has 0 spiro atoms. The molecule has 0 radical (unpaired) electrons. The molecule has 0 fully saturated rings. The maximum atomic E-state index is 12.2. The maximum Gasteiger partial charge on any atom is 0.306 e. The SMILES string of the molecule is CCCCC/C=C\C/C=C\CCCCCCCCCC(=O)OC[C@H](CO)OC(=O)CCCCCCCCCCCCCCCCCCCCCCC. The smallest absolute Gasteiger partial charge is 0.306 e. The van der Waals surface area contributed by atoms with Crippen molar-refractivity contribution in [1.29, 1.82) is 0 Å². The van der Waals surface area contributed by atoms with Crippen LogP contribution in [0, 0.1) is 0 Å². The summed E-state index contributed by atoms with van der Waals surface area (Å²) in [5, 5.41) is 9.59. The first-order valence-corrected chi connectivity index (χ1v) is 22.9. The lowest BCUT2D eigenvalue weighted by molar-refractivity contribution is -0.161. The molecule has 0 aliphatic heterocycles. The topological polar surface area (TPSA) is 72.8 Å². The normalized spacial score (nSPS) is 12.3. The number of aliphatic hydroxyl groups is 1. The van der Waals surface area contributed by atoms with Crippen LogP contribution in [0.25, 0.3) is 0 Å². The predicted octanol–water partition coefficient (Wildman–Crippen LogP) is 14.6. The first kappa shape index (κ1) is 50.4. The number of carbonyl (C=O) groups is 2. The van der Waals surface area contributed by atoms with E-state index < -0.39 is 6.10 Å². The number of aliphatic hydroxyl groups excluding tert-OH is 1. The molecule has 0 heterocycles. The van der Waals surface area contributed by atoms with Crippen LogP contribution in [0.2, 0.25) is 0 Å². The fraction of sp³-hybridized carbons (Fsp3) is 0.872. The van der Waals surface area contributed by atoms with Crippen molar-refractivity contribution in [3.63, 3.8) is 0 Å². The molecule has 52 heavy (non-hydrogen) atoms. The van der Waals surface area contributed by atoms with E-state index in [9.17, 15) is 14.7 Å². The second kappa shape index (κ2) is 43.8. The van der Waals surface area contributed by atoms with Crippen LogP contribution in [0.1, 0.15) is 245 Å². The van der Waals surface area contributed by atoms with Gasteiger partial charge in [0.2, 0.25) is 0 Å². The zero-order chi connectivity index (χ0) is 37.8. The lowest BCUT2D eigenvalue weighted by Crippen LogP contribution is -2.28. The van der Waals surface area contributed by atoms with Gasteiger partial charge in [0, 0.05) is 12.8 Å². The molecule has 0 aliphatic rings. The third-order valence-corrected chi connectivity index (χ3v) is 10.2. The highest BCUT2D eigenvalue weighted by atomic mass is 16.6. The van der Waals surface area contributed by atoms with Crippen molar-refractivity contribution in [2.75, 3.05) is 13.2 Å². The quantitative estimate of drug-likeness (QED) is 0.0384. The van der Waals surface area contributed by atoms with E-state index in [1.807, 2.05) is 0 Å². The number of esters is 2. The summed E-state index contributed by atoms with van der Waals surface area (Å²) in [7, 11) is 0. The van der Waals surface area contributed by atoms with Crippen LogP contribution in [0.4, 0.5) is 0 Å². The van der Waals surface area contributed by atoms with E-state index in [1.165, 1.54) is 173 Å². The third kappa shape index (κ3) is 41.1. The van der Waals surface area contributed by atoms with E-state index in [4.69, 9.17) is 9.47 Å². The van der Waals surface area contributed by atoms with E-state index in [0.29, 0.717) is 12.8 Å². The van der Waals surface area contributed by atoms with Crippen molar-refractivity contribution in [3.8, 4) is 0 Å². The minimum Gasteiger partial charge on any atom is -0.462 e. The van der Waals surface area contributed by atoms with Gasteiger partial charge in [0.05, 0.1) is 6.61 Å². The summed E-state index contributed by atoms with van der Waals surface area (Å²) in [6.45, 7) is 4.14. The first-order valence-electron chi connectivity index (χ1n) is 22.9. The third-order valence-electron chi connectivity index (χ3n) is 10.2. The summed E-state index contributed by atoms with van der Waals surface area (Å²) in [5.41, 5.74) is 0. The summed E-state index contributed by atoms with van der Waals surface area (Å²) >= 11 is 0. The Balaban J connectivity index is 3.49. The van der Waals surface area contributed by atoms with Gasteiger partial charge in [0.15, 0.2) is 6.10 Å². The lowest BCUT2D eigenvalue weighted by Gasteiger charge is -2.15. The molecule has 0 aromatic rings. The van der Waals surface area contributed by atoms with E-state index in [-0.39, 0.29) is 25.2 Å². The van der Waals surface area contributed by atoms with Crippen molar-refractivity contribution in [2.45, 2.75) is 251 Å². The maximum absolute atomic E-state index is 12.2. The minimum absolute atomic E-state index is 0.0654. The number of hydrogen-bond donors (Lipinski definition) is 1. The molecule has 1 N–H and O–H groups in total. The molecular formula is C47H88O5. The molecule has 0 unspecified atom stereocenters. The highest BCUT2D eigenvalue weighted by molar-refractivity contribution is 5.70. The molecule has 0 aliphatic carbocycles. The second-order valence-electron chi connectivity index (χ2n) is 15.5. The minimum atomic E-state index is -0.770. The second-order valence-corrected chi connectivity index (χ2v) is 15.5. The number of hydrogen-bond acceptors (Lipinski definition) is 5. The van der Waals surface area contributed by atoms with Crippen LogP contribution >= 0.6 is 0 Å². The van der Waals surface area contributed by atoms with Gasteiger partial charge in [0.1, 0.15) is 6.61 Å². The van der Waals surface area contributed by atoms with Gasteiger partial charge in [0.25, 0.3) is 0 Å². The molecule has 0 rings (SSSR count). The largest absolute Gasteiger partial charge is 0.462 e. The van der Waals surface area contributed by atoms with Gasteiger partial charge in [-0.3, -0.25) is 9.59 Å². The van der Waals surface area contributed by atoms with Gasteiger partial charge in [-0.05, 0) is 44.9 Å². The molecule has 0 aromatic carbocycles. The van der Waals surface area contributed by atoms with Crippen molar-refractivity contribution >= 4 is 11.9 Å². The van der Waals surface area contributed by atoms with E-state index in [1.54, 1.807) is 0 Å². The van der Waals surface area contributed by atoms with Gasteiger partial charge >= 0.3 is 11.9 Å². The Morgan fingerprint density at radius 2 is 0.769 bits per heavy atom. The fourth-order valence-corrected chi connectivity index (χ4v) is 6.76. The van der Waals surface area contributed by atoms with E-state index >= 15 is 0 Å². The average molecular weight is 733 g/mol. The van der Waals surface area contributed by atoms with Crippen LogP contribution in [0.3, 0.4) is 0 Å². The molecule has 5 heteroatoms. The summed E-state index contributed by atoms with van der Waals surface area (Å²) in [6, 6.07) is 0. The molecule has 306 valence electrons. The van der Waals surface area contributed by atoms with Crippen LogP contribution in [0.15, 0.2) is 24.3 Å². The molecule has 0 bridgehead atoms. The standard InChI is InChI=1S/C47H88O5/c1-3-5-7-9-11-13-15-17-19-21-22-23-24-26-28-30-32-34-36-38-40-42-47(50)52-45(43-48)44-51-46(49)41-39-37-35-33-31-29-27-25-20-18-16-14-12-10-8-6-4-2/h12,14,18,20,45,48H,3-11,13,15-17,19,21-44H2,1-2H3/b14-12-,20-18-/t45-/m0/s1. The highest BCUT2D eigenvalue weighted by Crippen LogP contribution is 2.16. The molecular weight excluding hydrogens is 645 g/mol. The number of rotatable bonds is 42. The van der Waals surface area contributed by atoms with Gasteiger partial charge in [-0.1, -0.05) is 212 Å². The Morgan fingerprint density at radius 3 is 1.17 bits per heavy atom. The molecule has 0 aromatic heterocycles. The van der Waals surface area contributed by atoms with Gasteiger partial charge < -0.3 is 14.6 Å². The van der Waals surface area contributed by atoms with Crippen molar-refractivity contribution < 1.29 is 24.2 Å². The average Bonchev–Trinajstić information content (AvgIpc) is 3.15. The zero-order valence-electron chi connectivity index (χ0n) is 34.8. The van der Waals surface area contributed by atoms with Crippen LogP contribution < -0.4 is 0 Å². The van der Waals surface area contributed by atoms with Gasteiger partial charge in [-0.25, -0.2) is 0 Å². The summed E-state index contributed by atoms with van der Waals surface area (Å²) in [6.07, 6.45) is 52.5.